The van der Waals surface area contributed by atoms with E-state index in [0.29, 0.717) is 16.8 Å². The molecule has 0 saturated carbocycles. The predicted molar refractivity (Wildman–Crippen MR) is 61.1 cm³/mol. The minimum Gasteiger partial charge on any atom is -0.398 e. The lowest BCUT2D eigenvalue weighted by Gasteiger charge is -2.06. The number of methoxy groups -OCH3 is 1. The lowest BCUT2D eigenvalue weighted by Crippen LogP contribution is -1.95. The molecule has 78 valence electrons. The van der Waals surface area contributed by atoms with Crippen molar-refractivity contribution < 1.29 is 9.13 Å². The second-order valence-corrected chi connectivity index (χ2v) is 4.64. The molecule has 0 fully saturated rings. The fourth-order valence-corrected chi connectivity index (χ4v) is 2.15. The molecule has 2 N–H and O–H groups in total. The number of hydrogen-bond acceptors (Lipinski definition) is 3. The molecule has 0 aromatic heterocycles. The Balaban J connectivity index is 2.72. The molecule has 1 aromatic rings. The van der Waals surface area contributed by atoms with E-state index in [1.807, 2.05) is 0 Å². The van der Waals surface area contributed by atoms with Crippen molar-refractivity contribution in [1.82, 2.24) is 0 Å². The highest BCUT2D eigenvalue weighted by atomic mass is 79.9. The van der Waals surface area contributed by atoms with Crippen LogP contribution >= 0.6 is 27.7 Å². The molecule has 0 bridgehead atoms. The van der Waals surface area contributed by atoms with Crippen LogP contribution in [0.1, 0.15) is 0 Å². The Morgan fingerprint density at radius 3 is 2.93 bits per heavy atom. The van der Waals surface area contributed by atoms with Crippen molar-refractivity contribution in [3.05, 3.63) is 22.4 Å². The number of halogens is 2. The molecule has 0 amide bonds. The second kappa shape index (κ2) is 5.58. The van der Waals surface area contributed by atoms with Gasteiger partial charge in [-0.3, -0.25) is 0 Å². The Hall–Kier alpha value is -0.260. The van der Waals surface area contributed by atoms with Gasteiger partial charge in [0.15, 0.2) is 0 Å². The number of rotatable bonds is 4. The van der Waals surface area contributed by atoms with Gasteiger partial charge in [-0.1, -0.05) is 0 Å². The smallest absolute Gasteiger partial charge is 0.138 e. The van der Waals surface area contributed by atoms with Crippen molar-refractivity contribution in [2.45, 2.75) is 4.90 Å². The average molecular weight is 280 g/mol. The fraction of sp³-hybridized carbons (Fsp3) is 0.333. The van der Waals surface area contributed by atoms with E-state index in [9.17, 15) is 4.39 Å². The molecule has 0 unspecified atom stereocenters. The van der Waals surface area contributed by atoms with Crippen LogP contribution in [0.2, 0.25) is 0 Å². The summed E-state index contributed by atoms with van der Waals surface area (Å²) >= 11 is 4.56. The zero-order chi connectivity index (χ0) is 10.6. The minimum atomic E-state index is -0.292. The normalized spacial score (nSPS) is 10.5. The quantitative estimate of drug-likeness (QED) is 0.523. The zero-order valence-electron chi connectivity index (χ0n) is 7.72. The van der Waals surface area contributed by atoms with Crippen molar-refractivity contribution in [2.24, 2.45) is 0 Å². The Kier molecular flexibility index (Phi) is 4.71. The largest absolute Gasteiger partial charge is 0.398 e. The molecular weight excluding hydrogens is 269 g/mol. The van der Waals surface area contributed by atoms with Gasteiger partial charge in [-0.15, -0.1) is 11.8 Å². The number of ether oxygens (including phenoxy) is 1. The summed E-state index contributed by atoms with van der Waals surface area (Å²) in [5.74, 6) is 0.473. The van der Waals surface area contributed by atoms with Gasteiger partial charge in [-0.2, -0.15) is 0 Å². The monoisotopic (exact) mass is 279 g/mol. The topological polar surface area (TPSA) is 35.2 Å². The third-order valence-corrected chi connectivity index (χ3v) is 3.24. The first-order valence-electron chi connectivity index (χ1n) is 4.01. The van der Waals surface area contributed by atoms with E-state index in [0.717, 1.165) is 10.6 Å². The van der Waals surface area contributed by atoms with Crippen molar-refractivity contribution >= 4 is 33.4 Å². The molecule has 0 aliphatic carbocycles. The molecule has 0 radical (unpaired) electrons. The average Bonchev–Trinajstić information content (AvgIpc) is 2.14. The Morgan fingerprint density at radius 2 is 2.29 bits per heavy atom. The summed E-state index contributed by atoms with van der Waals surface area (Å²) in [5.41, 5.74) is 6.30. The summed E-state index contributed by atoms with van der Waals surface area (Å²) in [7, 11) is 1.63. The van der Waals surface area contributed by atoms with E-state index in [1.54, 1.807) is 13.2 Å². The minimum absolute atomic E-state index is 0.292. The van der Waals surface area contributed by atoms with E-state index in [2.05, 4.69) is 15.9 Å². The van der Waals surface area contributed by atoms with Crippen molar-refractivity contribution in [3.8, 4) is 0 Å². The van der Waals surface area contributed by atoms with Gasteiger partial charge in [0.1, 0.15) is 5.82 Å². The molecule has 0 heterocycles. The SMILES string of the molecule is COCCSc1cc(F)c(Br)cc1N. The molecule has 0 spiro atoms. The lowest BCUT2D eigenvalue weighted by atomic mass is 10.3. The highest BCUT2D eigenvalue weighted by Crippen LogP contribution is 2.29. The maximum Gasteiger partial charge on any atom is 0.138 e. The van der Waals surface area contributed by atoms with Crippen LogP contribution in [0.5, 0.6) is 0 Å². The van der Waals surface area contributed by atoms with Crippen LogP contribution in [0.4, 0.5) is 10.1 Å². The van der Waals surface area contributed by atoms with E-state index in [1.165, 1.54) is 17.8 Å². The standard InChI is InChI=1S/C9H11BrFNOS/c1-13-2-3-14-9-5-7(11)6(10)4-8(9)12/h4-5H,2-3,12H2,1H3. The molecular formula is C9H11BrFNOS. The number of nitrogens with two attached hydrogens (primary N) is 1. The van der Waals surface area contributed by atoms with E-state index >= 15 is 0 Å². The van der Waals surface area contributed by atoms with Gasteiger partial charge < -0.3 is 10.5 Å². The number of thioether (sulfide) groups is 1. The molecule has 1 rings (SSSR count). The van der Waals surface area contributed by atoms with Gasteiger partial charge >= 0.3 is 0 Å². The van der Waals surface area contributed by atoms with Crippen LogP contribution in [-0.2, 0) is 4.74 Å². The van der Waals surface area contributed by atoms with Gasteiger partial charge in [0, 0.05) is 23.4 Å². The van der Waals surface area contributed by atoms with Crippen LogP contribution < -0.4 is 5.73 Å². The molecule has 1 aromatic carbocycles. The summed E-state index contributed by atoms with van der Waals surface area (Å²) in [4.78, 5) is 0.753. The Labute approximate surface area is 95.1 Å². The second-order valence-electron chi connectivity index (χ2n) is 2.65. The summed E-state index contributed by atoms with van der Waals surface area (Å²) in [6, 6.07) is 3.00. The Morgan fingerprint density at radius 1 is 1.57 bits per heavy atom. The van der Waals surface area contributed by atoms with E-state index in [4.69, 9.17) is 10.5 Å². The number of nitrogen functional groups attached to an aromatic ring is 1. The van der Waals surface area contributed by atoms with Crippen LogP contribution in [0.15, 0.2) is 21.5 Å². The maximum atomic E-state index is 13.1. The predicted octanol–water partition coefficient (Wildman–Crippen LogP) is 2.91. The molecule has 0 saturated heterocycles. The number of hydrogen-bond donors (Lipinski definition) is 1. The van der Waals surface area contributed by atoms with Gasteiger partial charge in [0.25, 0.3) is 0 Å². The van der Waals surface area contributed by atoms with Gasteiger partial charge in [-0.25, -0.2) is 4.39 Å². The molecule has 5 heteroatoms. The third kappa shape index (κ3) is 3.15. The maximum absolute atomic E-state index is 13.1. The van der Waals surface area contributed by atoms with Gasteiger partial charge in [0.05, 0.1) is 11.1 Å². The van der Waals surface area contributed by atoms with E-state index in [-0.39, 0.29) is 5.82 Å². The number of anilines is 1. The first-order valence-corrected chi connectivity index (χ1v) is 5.79. The summed E-state index contributed by atoms with van der Waals surface area (Å²) < 4.78 is 18.4. The van der Waals surface area contributed by atoms with Crippen molar-refractivity contribution in [2.75, 3.05) is 25.2 Å². The Bertz CT molecular complexity index is 322. The molecule has 14 heavy (non-hydrogen) atoms. The third-order valence-electron chi connectivity index (χ3n) is 1.60. The van der Waals surface area contributed by atoms with E-state index < -0.39 is 0 Å². The van der Waals surface area contributed by atoms with Gasteiger partial charge in [0.2, 0.25) is 0 Å². The van der Waals surface area contributed by atoms with Crippen LogP contribution in [0, 0.1) is 5.82 Å². The molecule has 0 aliphatic heterocycles. The fourth-order valence-electron chi connectivity index (χ4n) is 0.904. The van der Waals surface area contributed by atoms with Crippen molar-refractivity contribution in [1.29, 1.82) is 0 Å². The summed E-state index contributed by atoms with van der Waals surface area (Å²) in [6.45, 7) is 0.627. The highest BCUT2D eigenvalue weighted by molar-refractivity contribution is 9.10. The van der Waals surface area contributed by atoms with Crippen LogP contribution in [-0.4, -0.2) is 19.5 Å². The first kappa shape index (κ1) is 11.8. The van der Waals surface area contributed by atoms with Crippen LogP contribution in [0.3, 0.4) is 0 Å². The molecule has 0 atom stereocenters. The summed E-state index contributed by atoms with van der Waals surface area (Å²) in [5, 5.41) is 0. The first-order chi connectivity index (χ1) is 6.65. The summed E-state index contributed by atoms with van der Waals surface area (Å²) in [6.07, 6.45) is 0. The van der Waals surface area contributed by atoms with Crippen molar-refractivity contribution in [3.63, 3.8) is 0 Å². The van der Waals surface area contributed by atoms with Gasteiger partial charge in [-0.05, 0) is 28.1 Å². The zero-order valence-corrected chi connectivity index (χ0v) is 10.1. The molecule has 2 nitrogen and oxygen atoms in total. The molecule has 0 aliphatic rings. The van der Waals surface area contributed by atoms with Crippen LogP contribution in [0.25, 0.3) is 0 Å². The lowest BCUT2D eigenvalue weighted by molar-refractivity contribution is 0.218. The number of benzene rings is 1. The highest BCUT2D eigenvalue weighted by Gasteiger charge is 2.05.